The molecule has 0 aliphatic heterocycles. The molecule has 0 aliphatic rings. The first-order valence-corrected chi connectivity index (χ1v) is 6.37. The van der Waals surface area contributed by atoms with Crippen LogP contribution in [0.1, 0.15) is 16.1 Å². The van der Waals surface area contributed by atoms with E-state index in [0.717, 1.165) is 0 Å². The molecule has 0 radical (unpaired) electrons. The van der Waals surface area contributed by atoms with Crippen molar-refractivity contribution in [2.75, 3.05) is 12.8 Å². The first-order valence-electron chi connectivity index (χ1n) is 5.61. The number of aryl methyl sites for hydroxylation is 1. The summed E-state index contributed by atoms with van der Waals surface area (Å²) in [6, 6.07) is 4.94. The Morgan fingerprint density at radius 2 is 1.80 bits per heavy atom. The van der Waals surface area contributed by atoms with Crippen LogP contribution in [0.3, 0.4) is 0 Å². The monoisotopic (exact) mass is 311 g/mol. The molecule has 0 saturated heterocycles. The Morgan fingerprint density at radius 3 is 2.30 bits per heavy atom. The average molecular weight is 312 g/mol. The molecular formula is C13H11Cl2N3O2. The van der Waals surface area contributed by atoms with Gasteiger partial charge in [0.1, 0.15) is 11.4 Å². The zero-order valence-electron chi connectivity index (χ0n) is 10.8. The molecule has 0 bridgehead atoms. The first kappa shape index (κ1) is 14.6. The van der Waals surface area contributed by atoms with Crippen LogP contribution in [-0.4, -0.2) is 23.0 Å². The number of nitrogens with two attached hydrogens (primary N) is 1. The van der Waals surface area contributed by atoms with E-state index in [1.807, 2.05) is 0 Å². The lowest BCUT2D eigenvalue weighted by molar-refractivity contribution is 0.0600. The molecule has 0 amide bonds. The number of nitrogen functional groups attached to an aromatic ring is 1. The SMILES string of the molecule is COC(=O)c1c(C)nc(-c2cc(Cl)cc(Cl)c2)nc1N. The van der Waals surface area contributed by atoms with E-state index in [2.05, 4.69) is 14.7 Å². The molecule has 0 aliphatic carbocycles. The molecular weight excluding hydrogens is 301 g/mol. The number of carbonyl (C=O) groups excluding carboxylic acids is 1. The van der Waals surface area contributed by atoms with E-state index >= 15 is 0 Å². The number of nitrogens with zero attached hydrogens (tertiary/aromatic N) is 2. The molecule has 5 nitrogen and oxygen atoms in total. The van der Waals surface area contributed by atoms with Gasteiger partial charge in [-0.15, -0.1) is 0 Å². The second kappa shape index (κ2) is 5.64. The third kappa shape index (κ3) is 2.84. The fourth-order valence-electron chi connectivity index (χ4n) is 1.76. The van der Waals surface area contributed by atoms with Gasteiger partial charge in [0.2, 0.25) is 0 Å². The van der Waals surface area contributed by atoms with E-state index in [1.54, 1.807) is 25.1 Å². The van der Waals surface area contributed by atoms with Gasteiger partial charge in [-0.1, -0.05) is 23.2 Å². The van der Waals surface area contributed by atoms with Gasteiger partial charge in [-0.2, -0.15) is 0 Å². The summed E-state index contributed by atoms with van der Waals surface area (Å²) in [6.45, 7) is 1.65. The quantitative estimate of drug-likeness (QED) is 0.862. The topological polar surface area (TPSA) is 78.1 Å². The smallest absolute Gasteiger partial charge is 0.343 e. The van der Waals surface area contributed by atoms with Gasteiger partial charge < -0.3 is 10.5 Å². The molecule has 0 atom stereocenters. The lowest BCUT2D eigenvalue weighted by Crippen LogP contribution is -2.12. The number of carbonyl (C=O) groups is 1. The maximum Gasteiger partial charge on any atom is 0.343 e. The molecule has 104 valence electrons. The van der Waals surface area contributed by atoms with Gasteiger partial charge in [-0.3, -0.25) is 0 Å². The van der Waals surface area contributed by atoms with Gasteiger partial charge in [-0.25, -0.2) is 14.8 Å². The molecule has 1 aromatic heterocycles. The summed E-state index contributed by atoms with van der Waals surface area (Å²) in [5.41, 5.74) is 7.00. The Labute approximate surface area is 125 Å². The minimum absolute atomic E-state index is 0.0513. The fourth-order valence-corrected chi connectivity index (χ4v) is 2.29. The summed E-state index contributed by atoms with van der Waals surface area (Å²) in [7, 11) is 1.27. The van der Waals surface area contributed by atoms with Gasteiger partial charge in [-0.05, 0) is 25.1 Å². The lowest BCUT2D eigenvalue weighted by Gasteiger charge is -2.09. The van der Waals surface area contributed by atoms with Crippen molar-refractivity contribution in [3.63, 3.8) is 0 Å². The highest BCUT2D eigenvalue weighted by Gasteiger charge is 2.18. The molecule has 1 heterocycles. The molecule has 20 heavy (non-hydrogen) atoms. The number of ether oxygens (including phenoxy) is 1. The highest BCUT2D eigenvalue weighted by Crippen LogP contribution is 2.27. The fraction of sp³-hybridized carbons (Fsp3) is 0.154. The van der Waals surface area contributed by atoms with Crippen LogP contribution in [0.2, 0.25) is 10.0 Å². The van der Waals surface area contributed by atoms with Crippen LogP contribution in [0.4, 0.5) is 5.82 Å². The summed E-state index contributed by atoms with van der Waals surface area (Å²) in [5.74, 6) is -0.178. The molecule has 2 aromatic rings. The number of anilines is 1. The minimum atomic E-state index is -0.573. The number of rotatable bonds is 2. The van der Waals surface area contributed by atoms with Gasteiger partial charge in [0.05, 0.1) is 12.8 Å². The molecule has 0 unspecified atom stereocenters. The second-order valence-corrected chi connectivity index (χ2v) is 4.92. The van der Waals surface area contributed by atoms with Gasteiger partial charge in [0.15, 0.2) is 5.82 Å². The van der Waals surface area contributed by atoms with Crippen LogP contribution in [0.15, 0.2) is 18.2 Å². The number of halogens is 2. The summed E-state index contributed by atoms with van der Waals surface area (Å²) in [6.07, 6.45) is 0. The van der Waals surface area contributed by atoms with Crippen molar-refractivity contribution in [3.8, 4) is 11.4 Å². The molecule has 7 heteroatoms. The Kier molecular flexibility index (Phi) is 4.11. The third-order valence-corrected chi connectivity index (χ3v) is 3.06. The summed E-state index contributed by atoms with van der Waals surface area (Å²) >= 11 is 11.9. The van der Waals surface area contributed by atoms with Crippen LogP contribution in [-0.2, 0) is 4.74 Å². The van der Waals surface area contributed by atoms with E-state index in [9.17, 15) is 4.79 Å². The van der Waals surface area contributed by atoms with Crippen LogP contribution in [0.25, 0.3) is 11.4 Å². The van der Waals surface area contributed by atoms with Crippen molar-refractivity contribution in [1.29, 1.82) is 0 Å². The average Bonchev–Trinajstić information content (AvgIpc) is 2.36. The summed E-state index contributed by atoms with van der Waals surface area (Å²) < 4.78 is 4.64. The van der Waals surface area contributed by atoms with Crippen molar-refractivity contribution in [3.05, 3.63) is 39.5 Å². The second-order valence-electron chi connectivity index (χ2n) is 4.04. The van der Waals surface area contributed by atoms with Crippen LogP contribution in [0.5, 0.6) is 0 Å². The number of hydrogen-bond acceptors (Lipinski definition) is 5. The predicted octanol–water partition coefficient (Wildman–Crippen LogP) is 3.13. The summed E-state index contributed by atoms with van der Waals surface area (Å²) in [5, 5.41) is 0.925. The standard InChI is InChI=1S/C13H11Cl2N3O2/c1-6-10(13(19)20-2)11(16)18-12(17-6)7-3-8(14)5-9(15)4-7/h3-5H,1-2H3,(H2,16,17,18). The van der Waals surface area contributed by atoms with Crippen molar-refractivity contribution < 1.29 is 9.53 Å². The molecule has 2 rings (SSSR count). The zero-order chi connectivity index (χ0) is 14.9. The van der Waals surface area contributed by atoms with E-state index in [1.165, 1.54) is 7.11 Å². The maximum atomic E-state index is 11.6. The number of benzene rings is 1. The summed E-state index contributed by atoms with van der Waals surface area (Å²) in [4.78, 5) is 19.9. The van der Waals surface area contributed by atoms with Gasteiger partial charge in [0, 0.05) is 15.6 Å². The Hall–Kier alpha value is -1.85. The Morgan fingerprint density at radius 1 is 1.20 bits per heavy atom. The van der Waals surface area contributed by atoms with Gasteiger partial charge in [0.25, 0.3) is 0 Å². The van der Waals surface area contributed by atoms with Crippen LogP contribution in [0, 0.1) is 6.92 Å². The molecule has 0 spiro atoms. The van der Waals surface area contributed by atoms with Crippen molar-refractivity contribution in [1.82, 2.24) is 9.97 Å². The third-order valence-electron chi connectivity index (χ3n) is 2.63. The molecule has 2 N–H and O–H groups in total. The largest absolute Gasteiger partial charge is 0.465 e. The zero-order valence-corrected chi connectivity index (χ0v) is 12.3. The van der Waals surface area contributed by atoms with Gasteiger partial charge >= 0.3 is 5.97 Å². The predicted molar refractivity (Wildman–Crippen MR) is 78.0 cm³/mol. The molecule has 1 aromatic carbocycles. The van der Waals surface area contributed by atoms with Crippen LogP contribution >= 0.6 is 23.2 Å². The highest BCUT2D eigenvalue weighted by atomic mass is 35.5. The van der Waals surface area contributed by atoms with E-state index in [-0.39, 0.29) is 11.4 Å². The Balaban J connectivity index is 2.57. The van der Waals surface area contributed by atoms with E-state index < -0.39 is 5.97 Å². The van der Waals surface area contributed by atoms with Crippen molar-refractivity contribution in [2.45, 2.75) is 6.92 Å². The Bertz CT molecular complexity index is 646. The first-order chi connectivity index (χ1) is 9.42. The number of hydrogen-bond donors (Lipinski definition) is 1. The molecule has 0 saturated carbocycles. The molecule has 0 fully saturated rings. The highest BCUT2D eigenvalue weighted by molar-refractivity contribution is 6.35. The van der Waals surface area contributed by atoms with Crippen LogP contribution < -0.4 is 5.73 Å². The van der Waals surface area contributed by atoms with Crippen molar-refractivity contribution >= 4 is 35.0 Å². The lowest BCUT2D eigenvalue weighted by atomic mass is 10.1. The van der Waals surface area contributed by atoms with E-state index in [4.69, 9.17) is 28.9 Å². The van der Waals surface area contributed by atoms with E-state index in [0.29, 0.717) is 27.1 Å². The minimum Gasteiger partial charge on any atom is -0.465 e. The normalized spacial score (nSPS) is 10.4. The number of esters is 1. The van der Waals surface area contributed by atoms with Crippen molar-refractivity contribution in [2.24, 2.45) is 0 Å². The maximum absolute atomic E-state index is 11.6. The number of aromatic nitrogens is 2. The number of methoxy groups -OCH3 is 1.